The second-order valence-corrected chi connectivity index (χ2v) is 6.59. The third-order valence-electron chi connectivity index (χ3n) is 3.17. The van der Waals surface area contributed by atoms with Crippen molar-refractivity contribution >= 4 is 16.1 Å². The second-order valence-electron chi connectivity index (χ2n) is 4.90. The van der Waals surface area contributed by atoms with Gasteiger partial charge in [0.05, 0.1) is 10.6 Å². The van der Waals surface area contributed by atoms with Crippen LogP contribution in [-0.2, 0) is 16.6 Å². The summed E-state index contributed by atoms with van der Waals surface area (Å²) in [7, 11) is -3.89. The molecular weight excluding hydrogens is 306 g/mol. The molecule has 2 aromatic rings. The van der Waals surface area contributed by atoms with Crippen molar-refractivity contribution in [1.82, 2.24) is 15.2 Å². The third kappa shape index (κ3) is 3.64. The number of aromatic nitrogens is 1. The normalized spacial score (nSPS) is 11.2. The highest BCUT2D eigenvalue weighted by Crippen LogP contribution is 2.12. The SMILES string of the molecule is Cc1ccc(S(=O)(=O)NC(=O)NCc2c(C)noc2C)cc1. The van der Waals surface area contributed by atoms with Crippen LogP contribution in [0.4, 0.5) is 4.79 Å². The van der Waals surface area contributed by atoms with Crippen LogP contribution in [0.2, 0.25) is 0 Å². The standard InChI is InChI=1S/C14H17N3O4S/c1-9-4-6-12(7-5-9)22(19,20)17-14(18)15-8-13-10(2)16-21-11(13)3/h4-7H,8H2,1-3H3,(H2,15,17,18). The number of urea groups is 1. The van der Waals surface area contributed by atoms with Crippen molar-refractivity contribution in [3.8, 4) is 0 Å². The predicted octanol–water partition coefficient (Wildman–Crippen LogP) is 1.79. The molecule has 1 aromatic carbocycles. The summed E-state index contributed by atoms with van der Waals surface area (Å²) >= 11 is 0. The predicted molar refractivity (Wildman–Crippen MR) is 79.7 cm³/mol. The van der Waals surface area contributed by atoms with E-state index in [1.54, 1.807) is 26.0 Å². The smallest absolute Gasteiger partial charge is 0.328 e. The first-order valence-electron chi connectivity index (χ1n) is 6.58. The van der Waals surface area contributed by atoms with E-state index in [4.69, 9.17) is 4.52 Å². The Morgan fingerprint density at radius 2 is 1.82 bits per heavy atom. The first-order chi connectivity index (χ1) is 10.3. The van der Waals surface area contributed by atoms with Crippen LogP contribution in [0.25, 0.3) is 0 Å². The largest absolute Gasteiger partial charge is 0.361 e. The van der Waals surface area contributed by atoms with Gasteiger partial charge in [0.25, 0.3) is 10.0 Å². The minimum absolute atomic E-state index is 0.0330. The van der Waals surface area contributed by atoms with Crippen molar-refractivity contribution in [3.63, 3.8) is 0 Å². The van der Waals surface area contributed by atoms with Crippen LogP contribution in [0.15, 0.2) is 33.7 Å². The van der Waals surface area contributed by atoms with Gasteiger partial charge in [-0.15, -0.1) is 0 Å². The van der Waals surface area contributed by atoms with E-state index in [9.17, 15) is 13.2 Å². The number of nitrogens with one attached hydrogen (secondary N) is 2. The fourth-order valence-corrected chi connectivity index (χ4v) is 2.79. The minimum atomic E-state index is -3.89. The average molecular weight is 323 g/mol. The van der Waals surface area contributed by atoms with Crippen LogP contribution in [0.5, 0.6) is 0 Å². The maximum absolute atomic E-state index is 12.0. The van der Waals surface area contributed by atoms with E-state index in [1.165, 1.54) is 12.1 Å². The van der Waals surface area contributed by atoms with Crippen LogP contribution in [0, 0.1) is 20.8 Å². The van der Waals surface area contributed by atoms with Gasteiger partial charge < -0.3 is 9.84 Å². The number of amides is 2. The van der Waals surface area contributed by atoms with Crippen molar-refractivity contribution in [1.29, 1.82) is 0 Å². The molecule has 2 N–H and O–H groups in total. The van der Waals surface area contributed by atoms with E-state index >= 15 is 0 Å². The maximum atomic E-state index is 12.0. The Balaban J connectivity index is 2.01. The lowest BCUT2D eigenvalue weighted by Gasteiger charge is -2.08. The molecule has 2 rings (SSSR count). The first-order valence-corrected chi connectivity index (χ1v) is 8.07. The molecule has 1 heterocycles. The van der Waals surface area contributed by atoms with Crippen molar-refractivity contribution in [2.45, 2.75) is 32.2 Å². The summed E-state index contributed by atoms with van der Waals surface area (Å²) in [5, 5.41) is 6.23. The summed E-state index contributed by atoms with van der Waals surface area (Å²) in [5.41, 5.74) is 2.31. The number of carbonyl (C=O) groups is 1. The molecule has 1 aromatic heterocycles. The van der Waals surface area contributed by atoms with Gasteiger partial charge >= 0.3 is 6.03 Å². The Kier molecular flexibility index (Phi) is 4.51. The molecule has 22 heavy (non-hydrogen) atoms. The van der Waals surface area contributed by atoms with Gasteiger partial charge in [0, 0.05) is 12.1 Å². The van der Waals surface area contributed by atoms with Crippen LogP contribution < -0.4 is 10.0 Å². The molecule has 0 fully saturated rings. The van der Waals surface area contributed by atoms with Gasteiger partial charge in [-0.05, 0) is 32.9 Å². The number of carbonyl (C=O) groups excluding carboxylic acids is 1. The van der Waals surface area contributed by atoms with E-state index in [0.29, 0.717) is 11.5 Å². The van der Waals surface area contributed by atoms with Crippen LogP contribution in [0.3, 0.4) is 0 Å². The molecule has 0 atom stereocenters. The van der Waals surface area contributed by atoms with E-state index in [-0.39, 0.29) is 11.4 Å². The highest BCUT2D eigenvalue weighted by Gasteiger charge is 2.18. The zero-order chi connectivity index (χ0) is 16.3. The summed E-state index contributed by atoms with van der Waals surface area (Å²) in [6.45, 7) is 5.45. The van der Waals surface area contributed by atoms with Gasteiger partial charge in [0.2, 0.25) is 0 Å². The molecule has 0 aliphatic carbocycles. The summed E-state index contributed by atoms with van der Waals surface area (Å²) < 4.78 is 31.0. The quantitative estimate of drug-likeness (QED) is 0.893. The Labute approximate surface area is 128 Å². The molecule has 0 aliphatic heterocycles. The molecule has 0 bridgehead atoms. The maximum Gasteiger partial charge on any atom is 0.328 e. The van der Waals surface area contributed by atoms with Gasteiger partial charge in [-0.25, -0.2) is 17.9 Å². The van der Waals surface area contributed by atoms with Crippen molar-refractivity contribution in [2.75, 3.05) is 0 Å². The number of aryl methyl sites for hydroxylation is 3. The summed E-state index contributed by atoms with van der Waals surface area (Å²) in [5.74, 6) is 0.583. The van der Waals surface area contributed by atoms with Crippen LogP contribution >= 0.6 is 0 Å². The molecule has 0 saturated carbocycles. The average Bonchev–Trinajstić information content (AvgIpc) is 2.76. The molecular formula is C14H17N3O4S. The fourth-order valence-electron chi connectivity index (χ4n) is 1.86. The first kappa shape index (κ1) is 16.0. The van der Waals surface area contributed by atoms with Gasteiger partial charge in [0.15, 0.2) is 0 Å². The summed E-state index contributed by atoms with van der Waals surface area (Å²) in [4.78, 5) is 11.8. The number of hydrogen-bond acceptors (Lipinski definition) is 5. The van der Waals surface area contributed by atoms with Gasteiger partial charge in [-0.1, -0.05) is 22.9 Å². The van der Waals surface area contributed by atoms with Gasteiger partial charge in [0.1, 0.15) is 5.76 Å². The molecule has 118 valence electrons. The van der Waals surface area contributed by atoms with E-state index in [0.717, 1.165) is 11.1 Å². The minimum Gasteiger partial charge on any atom is -0.361 e. The summed E-state index contributed by atoms with van der Waals surface area (Å²) in [6.07, 6.45) is 0. The zero-order valence-corrected chi connectivity index (χ0v) is 13.3. The fraction of sp³-hybridized carbons (Fsp3) is 0.286. The van der Waals surface area contributed by atoms with Crippen LogP contribution in [0.1, 0.15) is 22.6 Å². The summed E-state index contributed by atoms with van der Waals surface area (Å²) in [6, 6.07) is 5.41. The molecule has 0 unspecified atom stereocenters. The number of rotatable bonds is 4. The molecule has 0 saturated heterocycles. The topological polar surface area (TPSA) is 101 Å². The lowest BCUT2D eigenvalue weighted by molar-refractivity contribution is 0.245. The Morgan fingerprint density at radius 3 is 2.36 bits per heavy atom. The number of benzene rings is 1. The van der Waals surface area contributed by atoms with E-state index in [2.05, 4.69) is 10.5 Å². The molecule has 0 spiro atoms. The van der Waals surface area contributed by atoms with E-state index < -0.39 is 16.1 Å². The molecule has 7 nitrogen and oxygen atoms in total. The second kappa shape index (κ2) is 6.18. The van der Waals surface area contributed by atoms with Crippen molar-refractivity contribution in [3.05, 3.63) is 46.8 Å². The molecule has 0 aliphatic rings. The molecule has 8 heteroatoms. The van der Waals surface area contributed by atoms with Crippen LogP contribution in [-0.4, -0.2) is 19.6 Å². The Bertz CT molecular complexity index is 759. The highest BCUT2D eigenvalue weighted by atomic mass is 32.2. The molecule has 0 radical (unpaired) electrons. The lowest BCUT2D eigenvalue weighted by Crippen LogP contribution is -2.39. The number of sulfonamides is 1. The Hall–Kier alpha value is -2.35. The lowest BCUT2D eigenvalue weighted by atomic mass is 10.2. The van der Waals surface area contributed by atoms with Gasteiger partial charge in [-0.2, -0.15) is 0 Å². The van der Waals surface area contributed by atoms with Crippen molar-refractivity contribution in [2.24, 2.45) is 0 Å². The van der Waals surface area contributed by atoms with E-state index in [1.807, 2.05) is 11.6 Å². The number of nitrogens with zero attached hydrogens (tertiary/aromatic N) is 1. The van der Waals surface area contributed by atoms with Gasteiger partial charge in [-0.3, -0.25) is 0 Å². The number of hydrogen-bond donors (Lipinski definition) is 2. The van der Waals surface area contributed by atoms with Crippen molar-refractivity contribution < 1.29 is 17.7 Å². The molecule has 2 amide bonds. The zero-order valence-electron chi connectivity index (χ0n) is 12.5. The highest BCUT2D eigenvalue weighted by molar-refractivity contribution is 7.90. The Morgan fingerprint density at radius 1 is 1.18 bits per heavy atom. The monoisotopic (exact) mass is 323 g/mol. The third-order valence-corrected chi connectivity index (χ3v) is 4.51.